The fourth-order valence-electron chi connectivity index (χ4n) is 5.27. The number of carbonyl (C=O) groups excluding carboxylic acids is 3. The largest absolute Gasteiger partial charge is 0.790 e. The second-order valence-electron chi connectivity index (χ2n) is 13.4. The van der Waals surface area contributed by atoms with Gasteiger partial charge in [0.2, 0.25) is 16.9 Å². The molecule has 30 heteroatoms. The molecule has 0 aliphatic carbocycles. The molecule has 7 N–H and O–H groups in total. The van der Waals surface area contributed by atoms with E-state index in [0.29, 0.717) is 5.56 Å². The summed E-state index contributed by atoms with van der Waals surface area (Å²) in [5.74, 6) is -1.24. The van der Waals surface area contributed by atoms with Crippen LogP contribution in [-0.2, 0) is 50.7 Å². The number of anilines is 1. The molecule has 0 spiro atoms. The van der Waals surface area contributed by atoms with E-state index >= 15 is 0 Å². The van der Waals surface area contributed by atoms with Gasteiger partial charge < -0.3 is 78.9 Å². The van der Waals surface area contributed by atoms with E-state index in [1.165, 1.54) is 45.2 Å². The molecule has 1 saturated heterocycles. The van der Waals surface area contributed by atoms with Crippen molar-refractivity contribution in [3.63, 3.8) is 0 Å². The molecule has 7 atom stereocenters. The van der Waals surface area contributed by atoms with Gasteiger partial charge >= 0.3 is 0 Å². The van der Waals surface area contributed by atoms with E-state index in [4.69, 9.17) is 15.2 Å². The number of phenols is 1. The van der Waals surface area contributed by atoms with Crippen molar-refractivity contribution in [1.82, 2.24) is 30.2 Å². The summed E-state index contributed by atoms with van der Waals surface area (Å²) in [6, 6.07) is 4.53. The second kappa shape index (κ2) is 21.0. The van der Waals surface area contributed by atoms with Crippen LogP contribution in [0.1, 0.15) is 32.1 Å². The molecular weight excluding hydrogens is 899 g/mol. The number of ether oxygens (including phenoxy) is 2. The number of aliphatic hydroxyl groups is 2. The maximum absolute atomic E-state index is 12.6. The van der Waals surface area contributed by atoms with Gasteiger partial charge in [0.05, 0.1) is 34.5 Å². The number of carbonyl (C=O) groups is 3. The molecule has 0 saturated carbocycles. The molecule has 3 aromatic rings. The van der Waals surface area contributed by atoms with Gasteiger partial charge in [-0.1, -0.05) is 37.8 Å². The zero-order chi connectivity index (χ0) is 45.3. The van der Waals surface area contributed by atoms with Crippen molar-refractivity contribution in [2.45, 2.75) is 50.9 Å². The summed E-state index contributed by atoms with van der Waals surface area (Å²) in [4.78, 5) is 96.4. The lowest BCUT2D eigenvalue weighted by Gasteiger charge is -2.36. The summed E-state index contributed by atoms with van der Waals surface area (Å²) in [6.07, 6.45) is -4.89. The normalized spacial score (nSPS) is 20.9. The van der Waals surface area contributed by atoms with Crippen LogP contribution in [0.25, 0.3) is 17.2 Å². The number of methoxy groups -OCH3 is 1. The number of thioether (sulfide) groups is 1. The van der Waals surface area contributed by atoms with Crippen LogP contribution < -0.4 is 40.7 Å². The number of nitrogens with one attached hydrogen (secondary N) is 2. The number of nitrogens with two attached hydrogens (primary N) is 1. The van der Waals surface area contributed by atoms with Crippen LogP contribution in [0.4, 0.5) is 5.82 Å². The highest BCUT2D eigenvalue weighted by molar-refractivity contribution is 8.14. The number of rotatable bonds is 22. The first-order valence-corrected chi connectivity index (χ1v) is 22.8. The minimum atomic E-state index is -5.93. The Balaban J connectivity index is 1.20. The molecule has 61 heavy (non-hydrogen) atoms. The molecule has 1 aliphatic heterocycles. The van der Waals surface area contributed by atoms with Crippen LogP contribution in [0.5, 0.6) is 11.5 Å². The van der Waals surface area contributed by atoms with Gasteiger partial charge in [-0.2, -0.15) is 0 Å². The number of benzene rings is 1. The molecule has 0 bridgehead atoms. The number of nitrogen functional groups attached to an aromatic ring is 1. The predicted molar refractivity (Wildman–Crippen MR) is 202 cm³/mol. The Kier molecular flexibility index (Phi) is 17.1. The summed E-state index contributed by atoms with van der Waals surface area (Å²) in [7, 11) is -16.3. The molecule has 2 unspecified atom stereocenters. The molecule has 3 heterocycles. The minimum absolute atomic E-state index is 0.0295. The van der Waals surface area contributed by atoms with Crippen molar-refractivity contribution in [2.75, 3.05) is 44.9 Å². The van der Waals surface area contributed by atoms with E-state index in [1.54, 1.807) is 6.07 Å². The molecule has 1 aliphatic rings. The number of aromatic nitrogens is 4. The Hall–Kier alpha value is -3.88. The third kappa shape index (κ3) is 14.6. The molecule has 1 aromatic carbocycles. The summed E-state index contributed by atoms with van der Waals surface area (Å²) < 4.78 is 65.6. The first-order valence-electron chi connectivity index (χ1n) is 17.5. The molecule has 26 nitrogen and oxygen atoms in total. The van der Waals surface area contributed by atoms with Gasteiger partial charge in [-0.15, -0.1) is 0 Å². The standard InChI is InChI=1S/C31H44N7O19P3S/c1-31(2,26(43)29(44)34-9-8-21(40)33-10-11-61-22(41)7-5-17-4-6-18(39)19(12-17)52-3)14-54-60(50,51)57-59(48,49)53-13-20-25(56-58(45,46)47)24(42)30(55-20)38-16-37-23-27(32)35-15-36-28(23)38/h4-7,12,15-16,20,24-26,30,39,42-43H,8-11,13-14H2,1-3H3,(H,33,40)(H,34,44)(H,48,49)(H,50,51)(H2,32,35,36)(H2,45,46,47)/p-4/t20-,24-,25-,26+,30-/m1/s1. The van der Waals surface area contributed by atoms with Crippen molar-refractivity contribution in [1.29, 1.82) is 0 Å². The van der Waals surface area contributed by atoms with Crippen LogP contribution in [0, 0.1) is 5.41 Å². The summed E-state index contributed by atoms with van der Waals surface area (Å²) in [5.41, 5.74) is 4.64. The van der Waals surface area contributed by atoms with Gasteiger partial charge in [0.25, 0.3) is 15.6 Å². The van der Waals surface area contributed by atoms with Crippen molar-refractivity contribution >= 4 is 75.2 Å². The monoisotopic (exact) mass is 939 g/mol. The van der Waals surface area contributed by atoms with Crippen LogP contribution in [-0.4, -0.2) is 115 Å². The Labute approximate surface area is 350 Å². The highest BCUT2D eigenvalue weighted by atomic mass is 32.2. The van der Waals surface area contributed by atoms with Gasteiger partial charge in [0, 0.05) is 30.7 Å². The number of aliphatic hydroxyl groups excluding tert-OH is 2. The second-order valence-corrected chi connectivity index (χ2v) is 18.6. The number of phosphoric ester groups is 3. The molecule has 0 radical (unpaired) electrons. The Morgan fingerprint density at radius 3 is 2.48 bits per heavy atom. The highest BCUT2D eigenvalue weighted by Gasteiger charge is 2.47. The van der Waals surface area contributed by atoms with Crippen molar-refractivity contribution in [3.05, 3.63) is 42.5 Å². The quantitative estimate of drug-likeness (QED) is 0.0346. The Bertz CT molecular complexity index is 2230. The Morgan fingerprint density at radius 2 is 1.79 bits per heavy atom. The van der Waals surface area contributed by atoms with Gasteiger partial charge in [-0.25, -0.2) is 19.3 Å². The lowest BCUT2D eigenvalue weighted by atomic mass is 9.87. The number of fused-ring (bicyclic) bond motifs is 1. The number of phenolic OH excluding ortho intramolecular Hbond substituents is 1. The molecular formula is C31H40N7O19P3S-4. The van der Waals surface area contributed by atoms with Gasteiger partial charge in [-0.3, -0.25) is 28.1 Å². The van der Waals surface area contributed by atoms with Crippen LogP contribution in [0.15, 0.2) is 36.9 Å². The van der Waals surface area contributed by atoms with Gasteiger partial charge in [-0.05, 0) is 23.8 Å². The summed E-state index contributed by atoms with van der Waals surface area (Å²) in [5, 5.41) is 35.6. The van der Waals surface area contributed by atoms with Crippen LogP contribution in [0.2, 0.25) is 0 Å². The lowest BCUT2D eigenvalue weighted by molar-refractivity contribution is -0.347. The fourth-order valence-corrected chi connectivity index (χ4v) is 8.57. The number of aromatic hydroxyl groups is 1. The zero-order valence-electron chi connectivity index (χ0n) is 32.2. The van der Waals surface area contributed by atoms with Crippen molar-refractivity contribution < 1.29 is 90.3 Å². The molecule has 1 fully saturated rings. The number of imidazole rings is 1. The van der Waals surface area contributed by atoms with Crippen LogP contribution >= 0.6 is 35.2 Å². The SMILES string of the molecule is COc1cc(C=CC(=O)SCCNC(=O)CCNC(=O)[C@H](O)C(C)(C)COP(=O)([O-])OP(=O)([O-])OC[C@H]2O[C@@H](n3cnc4c(N)ncnc43)[C@H](O)[C@@H]2OP(=O)([O-])[O-])ccc1O. The first kappa shape index (κ1) is 49.8. The molecule has 2 amide bonds. The number of hydrogen-bond acceptors (Lipinski definition) is 24. The van der Waals surface area contributed by atoms with Gasteiger partial charge in [0.1, 0.15) is 36.3 Å². The van der Waals surface area contributed by atoms with Crippen LogP contribution in [0.3, 0.4) is 0 Å². The smallest absolute Gasteiger partial charge is 0.274 e. The molecule has 338 valence electrons. The first-order chi connectivity index (χ1) is 28.4. The minimum Gasteiger partial charge on any atom is -0.790 e. The Morgan fingerprint density at radius 1 is 1.08 bits per heavy atom. The third-order valence-corrected chi connectivity index (χ3v) is 12.2. The predicted octanol–water partition coefficient (Wildman–Crippen LogP) is -2.44. The highest BCUT2D eigenvalue weighted by Crippen LogP contribution is 2.56. The molecule has 4 rings (SSSR count). The van der Waals surface area contributed by atoms with E-state index in [0.717, 1.165) is 29.0 Å². The maximum Gasteiger partial charge on any atom is 0.274 e. The topological polar surface area (TPSA) is 404 Å². The third-order valence-electron chi connectivity index (χ3n) is 8.34. The summed E-state index contributed by atoms with van der Waals surface area (Å²) in [6.45, 7) is -0.100. The zero-order valence-corrected chi connectivity index (χ0v) is 35.7. The van der Waals surface area contributed by atoms with E-state index < -0.39 is 84.6 Å². The maximum atomic E-state index is 12.6. The lowest BCUT2D eigenvalue weighted by Crippen LogP contribution is -2.46. The van der Waals surface area contributed by atoms with Gasteiger partial charge in [0.15, 0.2) is 29.2 Å². The average molecular weight is 940 g/mol. The fraction of sp³-hybridized carbons (Fsp3) is 0.484. The number of amides is 2. The number of hydrogen-bond donors (Lipinski definition) is 6. The van der Waals surface area contributed by atoms with E-state index in [-0.39, 0.29) is 58.9 Å². The van der Waals surface area contributed by atoms with E-state index in [2.05, 4.69) is 43.5 Å². The van der Waals surface area contributed by atoms with Crippen molar-refractivity contribution in [2.24, 2.45) is 5.41 Å². The van der Waals surface area contributed by atoms with Crippen molar-refractivity contribution in [3.8, 4) is 11.5 Å². The summed E-state index contributed by atoms with van der Waals surface area (Å²) >= 11 is 0.923. The number of phosphoric acid groups is 3. The van der Waals surface area contributed by atoms with E-state index in [1.807, 2.05) is 0 Å². The number of nitrogens with zero attached hydrogens (tertiary/aromatic N) is 4. The molecule has 2 aromatic heterocycles. The van der Waals surface area contributed by atoms with E-state index in [9.17, 15) is 63.0 Å². The average Bonchev–Trinajstić information content (AvgIpc) is 3.74.